The minimum atomic E-state index is -0.314. The molecule has 1 aliphatic rings. The molecule has 138 valence electrons. The highest BCUT2D eigenvalue weighted by Crippen LogP contribution is 2.38. The second-order valence-electron chi connectivity index (χ2n) is 6.80. The van der Waals surface area contributed by atoms with E-state index in [0.717, 1.165) is 30.8 Å². The SMILES string of the molecule is O=[N+]([O-])c1ccccc1C1c2cccn2CCCN1Cc1ccccc1O. The first-order valence-corrected chi connectivity index (χ1v) is 9.04. The fourth-order valence-corrected chi connectivity index (χ4v) is 3.91. The molecule has 1 unspecified atom stereocenters. The molecule has 0 aliphatic carbocycles. The number of hydrogen-bond acceptors (Lipinski definition) is 4. The van der Waals surface area contributed by atoms with Gasteiger partial charge in [-0.1, -0.05) is 36.4 Å². The van der Waals surface area contributed by atoms with Gasteiger partial charge in [0, 0.05) is 43.2 Å². The van der Waals surface area contributed by atoms with E-state index in [2.05, 4.69) is 9.47 Å². The number of aromatic nitrogens is 1. The molecule has 1 atom stereocenters. The number of benzene rings is 2. The lowest BCUT2D eigenvalue weighted by Gasteiger charge is -2.30. The monoisotopic (exact) mass is 363 g/mol. The fourth-order valence-electron chi connectivity index (χ4n) is 3.91. The molecule has 27 heavy (non-hydrogen) atoms. The smallest absolute Gasteiger partial charge is 0.274 e. The average molecular weight is 363 g/mol. The van der Waals surface area contributed by atoms with Crippen LogP contribution in [0.3, 0.4) is 0 Å². The fraction of sp³-hybridized carbons (Fsp3) is 0.238. The number of para-hydroxylation sites is 2. The molecule has 3 aromatic rings. The molecule has 0 amide bonds. The Hall–Kier alpha value is -3.12. The van der Waals surface area contributed by atoms with Gasteiger partial charge in [-0.2, -0.15) is 0 Å². The maximum atomic E-state index is 11.7. The molecule has 6 nitrogen and oxygen atoms in total. The van der Waals surface area contributed by atoms with Crippen LogP contribution in [0.15, 0.2) is 66.9 Å². The molecule has 1 N–H and O–H groups in total. The summed E-state index contributed by atoms with van der Waals surface area (Å²) in [6.45, 7) is 2.18. The van der Waals surface area contributed by atoms with Gasteiger partial charge >= 0.3 is 0 Å². The van der Waals surface area contributed by atoms with E-state index in [9.17, 15) is 15.2 Å². The van der Waals surface area contributed by atoms with E-state index in [1.807, 2.05) is 42.6 Å². The van der Waals surface area contributed by atoms with Crippen LogP contribution in [0.1, 0.15) is 29.3 Å². The van der Waals surface area contributed by atoms with Gasteiger partial charge in [0.15, 0.2) is 0 Å². The van der Waals surface area contributed by atoms with E-state index in [-0.39, 0.29) is 22.4 Å². The van der Waals surface area contributed by atoms with Crippen LogP contribution < -0.4 is 0 Å². The summed E-state index contributed by atoms with van der Waals surface area (Å²) < 4.78 is 2.17. The van der Waals surface area contributed by atoms with Gasteiger partial charge in [0.25, 0.3) is 5.69 Å². The third kappa shape index (κ3) is 3.31. The summed E-state index contributed by atoms with van der Waals surface area (Å²) in [5, 5.41) is 21.9. The van der Waals surface area contributed by atoms with Crippen molar-refractivity contribution in [2.45, 2.75) is 25.6 Å². The van der Waals surface area contributed by atoms with E-state index in [1.54, 1.807) is 24.3 Å². The first kappa shape index (κ1) is 17.3. The van der Waals surface area contributed by atoms with Gasteiger partial charge in [0.2, 0.25) is 0 Å². The molecule has 0 saturated heterocycles. The van der Waals surface area contributed by atoms with Gasteiger partial charge in [-0.3, -0.25) is 15.0 Å². The minimum absolute atomic E-state index is 0.124. The lowest BCUT2D eigenvalue weighted by atomic mass is 9.99. The standard InChI is InChI=1S/C21H21N3O3/c25-20-11-4-1-7-16(20)15-23-14-6-13-22-12-5-10-19(22)21(23)17-8-2-3-9-18(17)24(26)27/h1-5,7-12,21,25H,6,13-15H2. The van der Waals surface area contributed by atoms with Gasteiger partial charge < -0.3 is 9.67 Å². The molecule has 6 heteroatoms. The molecule has 1 aromatic heterocycles. The Bertz CT molecular complexity index is 967. The zero-order chi connectivity index (χ0) is 18.8. The third-order valence-electron chi connectivity index (χ3n) is 5.15. The first-order valence-electron chi connectivity index (χ1n) is 9.04. The summed E-state index contributed by atoms with van der Waals surface area (Å²) in [5.74, 6) is 0.249. The van der Waals surface area contributed by atoms with Crippen molar-refractivity contribution in [1.82, 2.24) is 9.47 Å². The number of fused-ring (bicyclic) bond motifs is 1. The predicted octanol–water partition coefficient (Wildman–Crippen LogP) is 4.10. The normalized spacial score (nSPS) is 17.3. The number of phenols is 1. The highest BCUT2D eigenvalue weighted by Gasteiger charge is 2.32. The van der Waals surface area contributed by atoms with Crippen molar-refractivity contribution in [2.75, 3.05) is 6.54 Å². The number of aryl methyl sites for hydroxylation is 1. The number of nitro groups is 1. The lowest BCUT2D eigenvalue weighted by molar-refractivity contribution is -0.385. The topological polar surface area (TPSA) is 71.5 Å². The van der Waals surface area contributed by atoms with E-state index < -0.39 is 0 Å². The molecule has 2 aromatic carbocycles. The van der Waals surface area contributed by atoms with Crippen LogP contribution in [0.2, 0.25) is 0 Å². The van der Waals surface area contributed by atoms with Crippen molar-refractivity contribution in [3.05, 3.63) is 93.8 Å². The largest absolute Gasteiger partial charge is 0.508 e. The summed E-state index contributed by atoms with van der Waals surface area (Å²) >= 11 is 0. The van der Waals surface area contributed by atoms with E-state index in [0.29, 0.717) is 12.1 Å². The summed E-state index contributed by atoms with van der Waals surface area (Å²) in [5.41, 5.74) is 2.66. The summed E-state index contributed by atoms with van der Waals surface area (Å²) in [4.78, 5) is 13.6. The molecule has 1 aliphatic heterocycles. The third-order valence-corrected chi connectivity index (χ3v) is 5.15. The highest BCUT2D eigenvalue weighted by atomic mass is 16.6. The van der Waals surface area contributed by atoms with Crippen molar-refractivity contribution >= 4 is 5.69 Å². The number of phenolic OH excluding ortho intramolecular Hbond substituents is 1. The molecule has 0 saturated carbocycles. The van der Waals surface area contributed by atoms with Crippen LogP contribution in [-0.2, 0) is 13.1 Å². The van der Waals surface area contributed by atoms with Crippen LogP contribution in [0.5, 0.6) is 5.75 Å². The number of nitro benzene ring substituents is 1. The molecule has 0 radical (unpaired) electrons. The number of hydrogen-bond donors (Lipinski definition) is 1. The molecule has 2 heterocycles. The van der Waals surface area contributed by atoms with Gasteiger partial charge in [0.1, 0.15) is 5.75 Å². The Morgan fingerprint density at radius 3 is 2.63 bits per heavy atom. The number of nitrogens with zero attached hydrogens (tertiary/aromatic N) is 3. The van der Waals surface area contributed by atoms with Crippen LogP contribution in [-0.4, -0.2) is 26.0 Å². The van der Waals surface area contributed by atoms with Gasteiger partial charge in [-0.15, -0.1) is 0 Å². The van der Waals surface area contributed by atoms with E-state index in [4.69, 9.17) is 0 Å². The Morgan fingerprint density at radius 1 is 1.04 bits per heavy atom. The average Bonchev–Trinajstić information content (AvgIpc) is 3.05. The molecule has 0 fully saturated rings. The zero-order valence-corrected chi connectivity index (χ0v) is 14.9. The van der Waals surface area contributed by atoms with Crippen LogP contribution in [0.25, 0.3) is 0 Å². The second kappa shape index (κ2) is 7.25. The van der Waals surface area contributed by atoms with Crippen LogP contribution in [0.4, 0.5) is 5.69 Å². The van der Waals surface area contributed by atoms with Gasteiger partial charge in [0.05, 0.1) is 16.5 Å². The molecular formula is C21H21N3O3. The Kier molecular flexibility index (Phi) is 4.64. The minimum Gasteiger partial charge on any atom is -0.508 e. The molecule has 4 rings (SSSR count). The summed E-state index contributed by atoms with van der Waals surface area (Å²) in [6.07, 6.45) is 2.97. The summed E-state index contributed by atoms with van der Waals surface area (Å²) in [6, 6.07) is 18.0. The molecule has 0 spiro atoms. The van der Waals surface area contributed by atoms with Crippen LogP contribution in [0, 0.1) is 10.1 Å². The first-order chi connectivity index (χ1) is 13.1. The predicted molar refractivity (Wildman–Crippen MR) is 103 cm³/mol. The maximum absolute atomic E-state index is 11.7. The lowest BCUT2D eigenvalue weighted by Crippen LogP contribution is -2.30. The van der Waals surface area contributed by atoms with Crippen LogP contribution >= 0.6 is 0 Å². The second-order valence-corrected chi connectivity index (χ2v) is 6.80. The maximum Gasteiger partial charge on any atom is 0.274 e. The van der Waals surface area contributed by atoms with Crippen molar-refractivity contribution < 1.29 is 10.0 Å². The number of rotatable bonds is 4. The summed E-state index contributed by atoms with van der Waals surface area (Å²) in [7, 11) is 0. The van der Waals surface area contributed by atoms with Gasteiger partial charge in [-0.05, 0) is 24.6 Å². The Morgan fingerprint density at radius 2 is 1.81 bits per heavy atom. The van der Waals surface area contributed by atoms with Crippen molar-refractivity contribution in [3.8, 4) is 5.75 Å². The van der Waals surface area contributed by atoms with Crippen molar-refractivity contribution in [2.24, 2.45) is 0 Å². The highest BCUT2D eigenvalue weighted by molar-refractivity contribution is 5.46. The zero-order valence-electron chi connectivity index (χ0n) is 14.9. The quantitative estimate of drug-likeness (QED) is 0.560. The van der Waals surface area contributed by atoms with Crippen molar-refractivity contribution in [3.63, 3.8) is 0 Å². The molecular weight excluding hydrogens is 342 g/mol. The van der Waals surface area contributed by atoms with Crippen molar-refractivity contribution in [1.29, 1.82) is 0 Å². The van der Waals surface area contributed by atoms with E-state index in [1.165, 1.54) is 0 Å². The Labute approximate surface area is 157 Å². The molecule has 0 bridgehead atoms. The Balaban J connectivity index is 1.82. The van der Waals surface area contributed by atoms with E-state index >= 15 is 0 Å². The van der Waals surface area contributed by atoms with Gasteiger partial charge in [-0.25, -0.2) is 0 Å². The number of aromatic hydroxyl groups is 1.